The molecule has 0 radical (unpaired) electrons. The molecule has 1 aromatic rings. The Hall–Kier alpha value is -1.64. The van der Waals surface area contributed by atoms with Crippen molar-refractivity contribution in [1.29, 1.82) is 0 Å². The summed E-state index contributed by atoms with van der Waals surface area (Å²) >= 11 is 0. The summed E-state index contributed by atoms with van der Waals surface area (Å²) in [6.07, 6.45) is 1.57. The number of rotatable bonds is 6. The molecule has 0 bridgehead atoms. The van der Waals surface area contributed by atoms with Gasteiger partial charge in [0, 0.05) is 30.6 Å². The highest BCUT2D eigenvalue weighted by Crippen LogP contribution is 2.29. The first-order chi connectivity index (χ1) is 12.2. The number of halogens is 1. The molecule has 1 fully saturated rings. The van der Waals surface area contributed by atoms with Crippen LogP contribution in [0.5, 0.6) is 0 Å². The molecule has 9 heteroatoms. The summed E-state index contributed by atoms with van der Waals surface area (Å²) in [5.41, 5.74) is 0.889. The number of sulfone groups is 1. The number of amides is 2. The molecule has 0 aliphatic carbocycles. The van der Waals surface area contributed by atoms with Crippen molar-refractivity contribution in [1.82, 2.24) is 10.2 Å². The van der Waals surface area contributed by atoms with Crippen molar-refractivity contribution in [3.63, 3.8) is 0 Å². The van der Waals surface area contributed by atoms with Crippen LogP contribution >= 0.6 is 12.4 Å². The Bertz CT molecular complexity index is 773. The van der Waals surface area contributed by atoms with E-state index in [2.05, 4.69) is 10.6 Å². The molecule has 0 aromatic heterocycles. The minimum atomic E-state index is -3.58. The van der Waals surface area contributed by atoms with E-state index in [1.54, 1.807) is 29.2 Å². The van der Waals surface area contributed by atoms with Gasteiger partial charge in [0.1, 0.15) is 0 Å². The summed E-state index contributed by atoms with van der Waals surface area (Å²) in [5, 5.41) is 5.80. The summed E-state index contributed by atoms with van der Waals surface area (Å²) in [4.78, 5) is 27.0. The van der Waals surface area contributed by atoms with Crippen LogP contribution < -0.4 is 10.6 Å². The number of anilines is 1. The number of nitrogens with zero attached hydrogens (tertiary/aromatic N) is 1. The van der Waals surface area contributed by atoms with E-state index < -0.39 is 20.5 Å². The van der Waals surface area contributed by atoms with Crippen molar-refractivity contribution in [3.8, 4) is 0 Å². The Kier molecular flexibility index (Phi) is 8.25. The zero-order valence-electron chi connectivity index (χ0n) is 15.9. The van der Waals surface area contributed by atoms with Crippen molar-refractivity contribution in [2.45, 2.75) is 31.4 Å². The van der Waals surface area contributed by atoms with Crippen molar-refractivity contribution in [2.75, 3.05) is 37.8 Å². The second-order valence-corrected chi connectivity index (χ2v) is 8.85. The molecule has 27 heavy (non-hydrogen) atoms. The molecule has 1 heterocycles. The van der Waals surface area contributed by atoms with Gasteiger partial charge in [0.25, 0.3) is 5.91 Å². The standard InChI is InChI=1S/C18H27N3O4S.ClH/c1-4-21(5-2)16(22)14-7-6-8-15(13-14)20-17(23)18(26(3,24)25)9-11-19-12-10-18;/h6-8,13,19H,4-5,9-12H2,1-3H3,(H,20,23);1H. The Balaban J connectivity index is 0.00000364. The average molecular weight is 418 g/mol. The molecular weight excluding hydrogens is 390 g/mol. The summed E-state index contributed by atoms with van der Waals surface area (Å²) in [6.45, 7) is 5.94. The molecule has 1 aliphatic heterocycles. The molecule has 152 valence electrons. The van der Waals surface area contributed by atoms with Crippen LogP contribution in [0.2, 0.25) is 0 Å². The van der Waals surface area contributed by atoms with Crippen LogP contribution in [0.1, 0.15) is 37.0 Å². The Labute approximate surface area is 167 Å². The molecule has 0 unspecified atom stereocenters. The third-order valence-corrected chi connectivity index (χ3v) is 6.97. The molecule has 1 aliphatic rings. The molecule has 2 N–H and O–H groups in total. The molecule has 2 amide bonds. The largest absolute Gasteiger partial charge is 0.339 e. The lowest BCUT2D eigenvalue weighted by Gasteiger charge is -2.34. The summed E-state index contributed by atoms with van der Waals surface area (Å²) in [5.74, 6) is -0.653. The number of carbonyl (C=O) groups excluding carboxylic acids is 2. The second kappa shape index (κ2) is 9.52. The Morgan fingerprint density at radius 2 is 1.78 bits per heavy atom. The Morgan fingerprint density at radius 3 is 2.30 bits per heavy atom. The zero-order valence-corrected chi connectivity index (χ0v) is 17.6. The van der Waals surface area contributed by atoms with E-state index >= 15 is 0 Å². The van der Waals surface area contributed by atoms with Gasteiger partial charge in [-0.2, -0.15) is 0 Å². The van der Waals surface area contributed by atoms with Crippen LogP contribution in [-0.2, 0) is 14.6 Å². The first-order valence-corrected chi connectivity index (χ1v) is 10.8. The molecule has 0 atom stereocenters. The molecule has 1 saturated heterocycles. The molecular formula is C18H28ClN3O4S. The van der Waals surface area contributed by atoms with E-state index in [-0.39, 0.29) is 31.2 Å². The van der Waals surface area contributed by atoms with Gasteiger partial charge in [0.05, 0.1) is 0 Å². The third kappa shape index (κ3) is 5.00. The van der Waals surface area contributed by atoms with Gasteiger partial charge < -0.3 is 15.5 Å². The van der Waals surface area contributed by atoms with Crippen LogP contribution in [0, 0.1) is 0 Å². The maximum absolute atomic E-state index is 12.9. The van der Waals surface area contributed by atoms with Crippen LogP contribution in [0.4, 0.5) is 5.69 Å². The lowest BCUT2D eigenvalue weighted by molar-refractivity contribution is -0.119. The number of hydrogen-bond acceptors (Lipinski definition) is 5. The van der Waals surface area contributed by atoms with Gasteiger partial charge in [-0.1, -0.05) is 6.07 Å². The second-order valence-electron chi connectivity index (χ2n) is 6.53. The van der Waals surface area contributed by atoms with Crippen molar-refractivity contribution < 1.29 is 18.0 Å². The highest BCUT2D eigenvalue weighted by Gasteiger charge is 2.48. The fourth-order valence-corrected chi connectivity index (χ4v) is 4.60. The van der Waals surface area contributed by atoms with Crippen molar-refractivity contribution in [3.05, 3.63) is 29.8 Å². The SMILES string of the molecule is CCN(CC)C(=O)c1cccc(NC(=O)C2(S(C)(=O)=O)CCNCC2)c1.Cl. The third-order valence-electron chi connectivity index (χ3n) is 4.95. The van der Waals surface area contributed by atoms with E-state index in [0.29, 0.717) is 37.4 Å². The normalized spacial score (nSPS) is 16.1. The van der Waals surface area contributed by atoms with Crippen molar-refractivity contribution in [2.24, 2.45) is 0 Å². The van der Waals surface area contributed by atoms with Crippen LogP contribution in [-0.4, -0.2) is 62.3 Å². The number of piperidine rings is 1. The first-order valence-electron chi connectivity index (χ1n) is 8.86. The quantitative estimate of drug-likeness (QED) is 0.734. The zero-order chi connectivity index (χ0) is 19.4. The van der Waals surface area contributed by atoms with Gasteiger partial charge in [-0.05, 0) is 58.0 Å². The van der Waals surface area contributed by atoms with Gasteiger partial charge in [0.15, 0.2) is 14.6 Å². The van der Waals surface area contributed by atoms with Gasteiger partial charge >= 0.3 is 0 Å². The average Bonchev–Trinajstić information content (AvgIpc) is 2.62. The van der Waals surface area contributed by atoms with E-state index in [0.717, 1.165) is 6.26 Å². The highest BCUT2D eigenvalue weighted by molar-refractivity contribution is 7.92. The van der Waals surface area contributed by atoms with Crippen LogP contribution in [0.3, 0.4) is 0 Å². The maximum Gasteiger partial charge on any atom is 0.253 e. The smallest absolute Gasteiger partial charge is 0.253 e. The first kappa shape index (κ1) is 23.4. The molecule has 0 spiro atoms. The summed E-state index contributed by atoms with van der Waals surface area (Å²) < 4.78 is 23.2. The van der Waals surface area contributed by atoms with Gasteiger partial charge in [0.2, 0.25) is 5.91 Å². The fourth-order valence-electron chi connectivity index (χ4n) is 3.27. The minimum Gasteiger partial charge on any atom is -0.339 e. The van der Waals surface area contributed by atoms with E-state index in [1.807, 2.05) is 13.8 Å². The predicted molar refractivity (Wildman–Crippen MR) is 109 cm³/mol. The summed E-state index contributed by atoms with van der Waals surface area (Å²) in [6, 6.07) is 6.62. The Morgan fingerprint density at radius 1 is 1.19 bits per heavy atom. The van der Waals surface area contributed by atoms with Crippen LogP contribution in [0.15, 0.2) is 24.3 Å². The molecule has 0 saturated carbocycles. The highest BCUT2D eigenvalue weighted by atomic mass is 35.5. The monoisotopic (exact) mass is 417 g/mol. The van der Waals surface area contributed by atoms with E-state index in [1.165, 1.54) is 0 Å². The summed E-state index contributed by atoms with van der Waals surface area (Å²) in [7, 11) is -3.58. The van der Waals surface area contributed by atoms with E-state index in [4.69, 9.17) is 0 Å². The van der Waals surface area contributed by atoms with Gasteiger partial charge in [-0.15, -0.1) is 12.4 Å². The fraction of sp³-hybridized carbons (Fsp3) is 0.556. The number of nitrogens with one attached hydrogen (secondary N) is 2. The minimum absolute atomic E-state index is 0. The maximum atomic E-state index is 12.9. The lowest BCUT2D eigenvalue weighted by atomic mass is 9.95. The molecule has 7 nitrogen and oxygen atoms in total. The topological polar surface area (TPSA) is 95.6 Å². The predicted octanol–water partition coefficient (Wildman–Crippen LogP) is 1.70. The van der Waals surface area contributed by atoms with Crippen molar-refractivity contribution >= 4 is 39.7 Å². The van der Waals surface area contributed by atoms with Crippen LogP contribution in [0.25, 0.3) is 0 Å². The van der Waals surface area contributed by atoms with E-state index in [9.17, 15) is 18.0 Å². The van der Waals surface area contributed by atoms with Gasteiger partial charge in [-0.3, -0.25) is 9.59 Å². The van der Waals surface area contributed by atoms with Gasteiger partial charge in [-0.25, -0.2) is 8.42 Å². The number of carbonyl (C=O) groups is 2. The molecule has 1 aromatic carbocycles. The number of hydrogen-bond donors (Lipinski definition) is 2. The lowest BCUT2D eigenvalue weighted by Crippen LogP contribution is -2.55. The molecule has 2 rings (SSSR count). The number of benzene rings is 1.